The van der Waals surface area contributed by atoms with Crippen molar-refractivity contribution in [3.05, 3.63) is 40.3 Å². The first-order valence-electron chi connectivity index (χ1n) is 10.6. The van der Waals surface area contributed by atoms with E-state index in [9.17, 15) is 4.79 Å². The number of ether oxygens (including phenoxy) is 1. The maximum Gasteiger partial charge on any atom is 0.267 e. The Labute approximate surface area is 180 Å². The first-order chi connectivity index (χ1) is 14.7. The summed E-state index contributed by atoms with van der Waals surface area (Å²) in [5, 5.41) is 3.96. The van der Waals surface area contributed by atoms with E-state index in [4.69, 9.17) is 15.5 Å². The number of nitrogen functional groups attached to an aromatic ring is 1. The van der Waals surface area contributed by atoms with Crippen molar-refractivity contribution in [3.63, 3.8) is 0 Å². The molecule has 1 fully saturated rings. The second-order valence-corrected chi connectivity index (χ2v) is 9.00. The Kier molecular flexibility index (Phi) is 4.98. The molecule has 1 saturated heterocycles. The normalized spacial score (nSPS) is 16.0. The number of aromatic nitrogens is 1. The number of nitrogens with zero attached hydrogens (tertiary/aromatic N) is 2. The molecule has 0 radical (unpaired) electrons. The van der Waals surface area contributed by atoms with Crippen LogP contribution in [0.4, 0.5) is 17.2 Å². The highest BCUT2D eigenvalue weighted by Gasteiger charge is 2.28. The third-order valence-corrected chi connectivity index (χ3v) is 7.23. The van der Waals surface area contributed by atoms with Crippen molar-refractivity contribution in [2.24, 2.45) is 0 Å². The first-order valence-corrected chi connectivity index (χ1v) is 11.4. The SMILES string of the molecule is COc1ccc(NC(=O)c2sc3nc(N4CCCC4)c4c(c3c2N)CCCC4)cc1. The molecule has 3 heterocycles. The number of hydrogen-bond donors (Lipinski definition) is 2. The van der Waals surface area contributed by atoms with Gasteiger partial charge in [0.1, 0.15) is 21.3 Å². The average molecular weight is 423 g/mol. The minimum atomic E-state index is -0.187. The second-order valence-electron chi connectivity index (χ2n) is 8.00. The van der Waals surface area contributed by atoms with Crippen LogP contribution in [0.1, 0.15) is 46.5 Å². The van der Waals surface area contributed by atoms with Crippen molar-refractivity contribution < 1.29 is 9.53 Å². The van der Waals surface area contributed by atoms with Gasteiger partial charge < -0.3 is 20.7 Å². The van der Waals surface area contributed by atoms with Crippen LogP contribution in [-0.4, -0.2) is 31.1 Å². The first kappa shape index (κ1) is 19.2. The Bertz CT molecular complexity index is 1100. The number of carbonyl (C=O) groups excluding carboxylic acids is 1. The lowest BCUT2D eigenvalue weighted by Crippen LogP contribution is -2.22. The number of hydrogen-bond acceptors (Lipinski definition) is 6. The largest absolute Gasteiger partial charge is 0.497 e. The molecule has 0 bridgehead atoms. The average Bonchev–Trinajstić information content (AvgIpc) is 3.42. The highest BCUT2D eigenvalue weighted by molar-refractivity contribution is 7.21. The van der Waals surface area contributed by atoms with E-state index < -0.39 is 0 Å². The topological polar surface area (TPSA) is 80.5 Å². The number of pyridine rings is 1. The zero-order valence-corrected chi connectivity index (χ0v) is 18.0. The lowest BCUT2D eigenvalue weighted by Gasteiger charge is -2.25. The number of thiophene rings is 1. The number of benzene rings is 1. The molecule has 1 aliphatic carbocycles. The quantitative estimate of drug-likeness (QED) is 0.641. The highest BCUT2D eigenvalue weighted by Crippen LogP contribution is 2.42. The number of anilines is 3. The summed E-state index contributed by atoms with van der Waals surface area (Å²) in [6.07, 6.45) is 6.85. The standard InChI is InChI=1S/C23H26N4O2S/c1-29-15-10-8-14(9-11-15)25-22(28)20-19(24)18-16-6-2-3-7-17(16)21(26-23(18)30-20)27-12-4-5-13-27/h8-11H,2-7,12-13,24H2,1H3,(H,25,28). The Morgan fingerprint density at radius 3 is 2.50 bits per heavy atom. The van der Waals surface area contributed by atoms with Gasteiger partial charge in [0.2, 0.25) is 0 Å². The van der Waals surface area contributed by atoms with Crippen LogP contribution in [0.3, 0.4) is 0 Å². The van der Waals surface area contributed by atoms with Gasteiger partial charge in [0.05, 0.1) is 12.8 Å². The number of carbonyl (C=O) groups is 1. The molecule has 2 aliphatic rings. The van der Waals surface area contributed by atoms with Crippen LogP contribution in [0.25, 0.3) is 10.2 Å². The van der Waals surface area contributed by atoms with Crippen molar-refractivity contribution in [1.82, 2.24) is 4.98 Å². The number of rotatable bonds is 4. The molecular formula is C23H26N4O2S. The molecule has 1 aromatic carbocycles. The van der Waals surface area contributed by atoms with Gasteiger partial charge in [0.25, 0.3) is 5.91 Å². The van der Waals surface area contributed by atoms with Gasteiger partial charge in [-0.1, -0.05) is 0 Å². The van der Waals surface area contributed by atoms with Crippen LogP contribution in [0.5, 0.6) is 5.75 Å². The molecule has 156 valence electrons. The number of amides is 1. The predicted molar refractivity (Wildman–Crippen MR) is 123 cm³/mol. The summed E-state index contributed by atoms with van der Waals surface area (Å²) in [7, 11) is 1.62. The molecule has 3 aromatic rings. The fraction of sp³-hybridized carbons (Fsp3) is 0.391. The zero-order valence-electron chi connectivity index (χ0n) is 17.2. The summed E-state index contributed by atoms with van der Waals surface area (Å²) in [5.41, 5.74) is 10.5. The van der Waals surface area contributed by atoms with Crippen LogP contribution in [0, 0.1) is 0 Å². The molecule has 3 N–H and O–H groups in total. The summed E-state index contributed by atoms with van der Waals surface area (Å²) >= 11 is 1.41. The van der Waals surface area contributed by atoms with Crippen molar-refractivity contribution in [2.45, 2.75) is 38.5 Å². The number of nitrogens with two attached hydrogens (primary N) is 1. The van der Waals surface area contributed by atoms with E-state index in [-0.39, 0.29) is 5.91 Å². The van der Waals surface area contributed by atoms with Gasteiger partial charge in [-0.15, -0.1) is 11.3 Å². The van der Waals surface area contributed by atoms with Gasteiger partial charge in [-0.25, -0.2) is 4.98 Å². The summed E-state index contributed by atoms with van der Waals surface area (Å²) in [6.45, 7) is 2.13. The molecule has 1 amide bonds. The van der Waals surface area contributed by atoms with Gasteiger partial charge >= 0.3 is 0 Å². The Hall–Kier alpha value is -2.80. The molecule has 7 heteroatoms. The van der Waals surface area contributed by atoms with E-state index in [0.717, 1.165) is 54.1 Å². The Morgan fingerprint density at radius 2 is 1.80 bits per heavy atom. The lowest BCUT2D eigenvalue weighted by atomic mass is 9.89. The van der Waals surface area contributed by atoms with Crippen LogP contribution in [0.2, 0.25) is 0 Å². The number of methoxy groups -OCH3 is 1. The minimum absolute atomic E-state index is 0.187. The molecule has 2 aromatic heterocycles. The van der Waals surface area contributed by atoms with Crippen LogP contribution in [0.15, 0.2) is 24.3 Å². The van der Waals surface area contributed by atoms with Crippen molar-refractivity contribution in [2.75, 3.05) is 36.1 Å². The van der Waals surface area contributed by atoms with Crippen molar-refractivity contribution in [1.29, 1.82) is 0 Å². The smallest absolute Gasteiger partial charge is 0.267 e. The molecule has 0 saturated carbocycles. The van der Waals surface area contributed by atoms with Crippen molar-refractivity contribution >= 4 is 44.7 Å². The third kappa shape index (κ3) is 3.27. The van der Waals surface area contributed by atoms with Gasteiger partial charge in [0.15, 0.2) is 0 Å². The predicted octanol–water partition coefficient (Wildman–Crippen LogP) is 4.62. The zero-order chi connectivity index (χ0) is 20.7. The molecule has 5 rings (SSSR count). The summed E-state index contributed by atoms with van der Waals surface area (Å²) in [6, 6.07) is 7.30. The highest BCUT2D eigenvalue weighted by atomic mass is 32.1. The van der Waals surface area contributed by atoms with E-state index >= 15 is 0 Å². The number of fused-ring (bicyclic) bond motifs is 3. The molecule has 0 unspecified atom stereocenters. The van der Waals surface area contributed by atoms with Crippen LogP contribution < -0.4 is 20.7 Å². The number of aryl methyl sites for hydroxylation is 1. The summed E-state index contributed by atoms with van der Waals surface area (Å²) < 4.78 is 5.18. The molecular weight excluding hydrogens is 396 g/mol. The van der Waals surface area contributed by atoms with Crippen molar-refractivity contribution in [3.8, 4) is 5.75 Å². The van der Waals surface area contributed by atoms with Gasteiger partial charge in [0, 0.05) is 24.2 Å². The maximum absolute atomic E-state index is 13.0. The molecule has 30 heavy (non-hydrogen) atoms. The molecule has 1 aliphatic heterocycles. The Balaban J connectivity index is 1.54. The minimum Gasteiger partial charge on any atom is -0.497 e. The fourth-order valence-electron chi connectivity index (χ4n) is 4.61. The van der Waals surface area contributed by atoms with Gasteiger partial charge in [-0.3, -0.25) is 4.79 Å². The lowest BCUT2D eigenvalue weighted by molar-refractivity contribution is 0.103. The molecule has 0 spiro atoms. The summed E-state index contributed by atoms with van der Waals surface area (Å²) in [5.74, 6) is 1.69. The third-order valence-electron chi connectivity index (χ3n) is 6.13. The maximum atomic E-state index is 13.0. The van der Waals surface area contributed by atoms with E-state index in [1.54, 1.807) is 7.11 Å². The molecule has 6 nitrogen and oxygen atoms in total. The Morgan fingerprint density at radius 1 is 1.10 bits per heavy atom. The van der Waals surface area contributed by atoms with Gasteiger partial charge in [-0.2, -0.15) is 0 Å². The van der Waals surface area contributed by atoms with E-state index in [2.05, 4.69) is 10.2 Å². The summed E-state index contributed by atoms with van der Waals surface area (Å²) in [4.78, 5) is 21.9. The van der Waals surface area contributed by atoms with Gasteiger partial charge in [-0.05, 0) is 73.9 Å². The van der Waals surface area contributed by atoms with Crippen LogP contribution >= 0.6 is 11.3 Å². The van der Waals surface area contributed by atoms with E-state index in [1.807, 2.05) is 24.3 Å². The molecule has 0 atom stereocenters. The van der Waals surface area contributed by atoms with E-state index in [0.29, 0.717) is 16.3 Å². The monoisotopic (exact) mass is 422 g/mol. The van der Waals surface area contributed by atoms with Crippen LogP contribution in [-0.2, 0) is 12.8 Å². The second kappa shape index (κ2) is 7.80. The van der Waals surface area contributed by atoms with E-state index in [1.165, 1.54) is 41.7 Å². The fourth-order valence-corrected chi connectivity index (χ4v) is 5.63. The number of nitrogens with one attached hydrogen (secondary N) is 1.